The van der Waals surface area contributed by atoms with Crippen LogP contribution in [0.4, 0.5) is 0 Å². The van der Waals surface area contributed by atoms with Gasteiger partial charge in [0.1, 0.15) is 18.1 Å². The van der Waals surface area contributed by atoms with E-state index in [4.69, 9.17) is 9.47 Å². The Morgan fingerprint density at radius 1 is 1.11 bits per heavy atom. The SMILES string of the molecule is Cc1cc(OC/C=C/c2ccccc2)cc2c1C(=O)/C(=C/c1cccs1)O2. The van der Waals surface area contributed by atoms with Crippen LogP contribution in [0.25, 0.3) is 12.2 Å². The summed E-state index contributed by atoms with van der Waals surface area (Å²) < 4.78 is 11.6. The Balaban J connectivity index is 1.48. The molecule has 1 aliphatic rings. The molecule has 3 aromatic rings. The van der Waals surface area contributed by atoms with Gasteiger partial charge in [-0.05, 0) is 41.6 Å². The van der Waals surface area contributed by atoms with Gasteiger partial charge in [0, 0.05) is 17.0 Å². The van der Waals surface area contributed by atoms with Crippen molar-refractivity contribution >= 4 is 29.3 Å². The molecule has 4 heteroatoms. The van der Waals surface area contributed by atoms with Gasteiger partial charge in [-0.15, -0.1) is 11.3 Å². The van der Waals surface area contributed by atoms with E-state index in [1.54, 1.807) is 23.5 Å². The summed E-state index contributed by atoms with van der Waals surface area (Å²) in [5.74, 6) is 1.53. The molecule has 0 atom stereocenters. The Hall–Kier alpha value is -3.11. The number of thiophene rings is 1. The summed E-state index contributed by atoms with van der Waals surface area (Å²) >= 11 is 1.57. The van der Waals surface area contributed by atoms with E-state index < -0.39 is 0 Å². The first kappa shape index (κ1) is 17.3. The van der Waals surface area contributed by atoms with Crippen LogP contribution in [0, 0.1) is 6.92 Å². The first-order valence-corrected chi connectivity index (χ1v) is 9.55. The molecule has 0 fully saturated rings. The number of rotatable bonds is 5. The summed E-state index contributed by atoms with van der Waals surface area (Å²) in [6.45, 7) is 2.35. The van der Waals surface area contributed by atoms with Crippen LogP contribution >= 0.6 is 11.3 Å². The maximum Gasteiger partial charge on any atom is 0.232 e. The Labute approximate surface area is 162 Å². The lowest BCUT2D eigenvalue weighted by Gasteiger charge is -2.07. The number of fused-ring (bicyclic) bond motifs is 1. The molecule has 134 valence electrons. The molecular formula is C23H18O3S. The summed E-state index contributed by atoms with van der Waals surface area (Å²) in [7, 11) is 0. The van der Waals surface area contributed by atoms with Gasteiger partial charge in [0.15, 0.2) is 5.76 Å². The maximum atomic E-state index is 12.6. The molecule has 2 aromatic carbocycles. The number of aryl methyl sites for hydroxylation is 1. The van der Waals surface area contributed by atoms with Gasteiger partial charge in [-0.2, -0.15) is 0 Å². The third kappa shape index (κ3) is 3.86. The van der Waals surface area contributed by atoms with E-state index in [1.807, 2.05) is 73.0 Å². The molecule has 0 saturated heterocycles. The first-order valence-electron chi connectivity index (χ1n) is 8.67. The van der Waals surface area contributed by atoms with Crippen LogP contribution in [-0.2, 0) is 0 Å². The van der Waals surface area contributed by atoms with E-state index in [1.165, 1.54) is 0 Å². The molecule has 0 spiro atoms. The molecule has 0 saturated carbocycles. The molecule has 0 amide bonds. The van der Waals surface area contributed by atoms with Crippen LogP contribution in [0.5, 0.6) is 11.5 Å². The normalized spacial score (nSPS) is 14.6. The molecule has 27 heavy (non-hydrogen) atoms. The topological polar surface area (TPSA) is 35.5 Å². The fourth-order valence-electron chi connectivity index (χ4n) is 2.96. The van der Waals surface area contributed by atoms with Crippen LogP contribution in [0.3, 0.4) is 0 Å². The Kier molecular flexibility index (Phi) is 4.90. The summed E-state index contributed by atoms with van der Waals surface area (Å²) in [6, 6.07) is 17.6. The lowest BCUT2D eigenvalue weighted by Crippen LogP contribution is -1.99. The summed E-state index contributed by atoms with van der Waals surface area (Å²) in [6.07, 6.45) is 5.77. The van der Waals surface area contributed by atoms with E-state index in [2.05, 4.69) is 0 Å². The third-order valence-electron chi connectivity index (χ3n) is 4.22. The molecule has 2 heterocycles. The van der Waals surface area contributed by atoms with Crippen molar-refractivity contribution in [1.29, 1.82) is 0 Å². The van der Waals surface area contributed by atoms with Crippen LogP contribution in [0.15, 0.2) is 71.8 Å². The summed E-state index contributed by atoms with van der Waals surface area (Å²) in [5.41, 5.74) is 2.60. The molecule has 0 aliphatic carbocycles. The smallest absolute Gasteiger partial charge is 0.232 e. The number of hydrogen-bond donors (Lipinski definition) is 0. The van der Waals surface area contributed by atoms with Crippen molar-refractivity contribution in [2.75, 3.05) is 6.61 Å². The number of carbonyl (C=O) groups is 1. The van der Waals surface area contributed by atoms with Gasteiger partial charge in [-0.3, -0.25) is 4.79 Å². The van der Waals surface area contributed by atoms with Crippen LogP contribution < -0.4 is 9.47 Å². The number of benzene rings is 2. The van der Waals surface area contributed by atoms with Crippen molar-refractivity contribution < 1.29 is 14.3 Å². The van der Waals surface area contributed by atoms with Gasteiger partial charge in [0.05, 0.1) is 5.56 Å². The number of Topliss-reactive ketones (excluding diaryl/α,β-unsaturated/α-hetero) is 1. The Morgan fingerprint density at radius 3 is 2.74 bits per heavy atom. The lowest BCUT2D eigenvalue weighted by atomic mass is 10.0. The summed E-state index contributed by atoms with van der Waals surface area (Å²) in [5, 5.41) is 1.97. The van der Waals surface area contributed by atoms with Crippen LogP contribution in [-0.4, -0.2) is 12.4 Å². The van der Waals surface area contributed by atoms with E-state index in [0.29, 0.717) is 29.4 Å². The summed E-state index contributed by atoms with van der Waals surface area (Å²) in [4.78, 5) is 13.6. The number of hydrogen-bond acceptors (Lipinski definition) is 4. The highest BCUT2D eigenvalue weighted by Crippen LogP contribution is 2.37. The first-order chi connectivity index (χ1) is 13.2. The maximum absolute atomic E-state index is 12.6. The minimum absolute atomic E-state index is 0.0774. The van der Waals surface area contributed by atoms with Crippen molar-refractivity contribution in [2.45, 2.75) is 6.92 Å². The molecule has 4 rings (SSSR count). The molecular weight excluding hydrogens is 356 g/mol. The molecule has 0 radical (unpaired) electrons. The minimum atomic E-state index is -0.0774. The van der Waals surface area contributed by atoms with E-state index in [9.17, 15) is 4.79 Å². The molecule has 1 aliphatic heterocycles. The third-order valence-corrected chi connectivity index (χ3v) is 5.04. The highest BCUT2D eigenvalue weighted by Gasteiger charge is 2.30. The Morgan fingerprint density at radius 2 is 1.96 bits per heavy atom. The van der Waals surface area contributed by atoms with Gasteiger partial charge < -0.3 is 9.47 Å². The van der Waals surface area contributed by atoms with E-state index in [-0.39, 0.29) is 5.78 Å². The van der Waals surface area contributed by atoms with Gasteiger partial charge in [0.25, 0.3) is 0 Å². The van der Waals surface area contributed by atoms with Gasteiger partial charge >= 0.3 is 0 Å². The highest BCUT2D eigenvalue weighted by molar-refractivity contribution is 7.10. The largest absolute Gasteiger partial charge is 0.489 e. The second-order valence-electron chi connectivity index (χ2n) is 6.19. The quantitative estimate of drug-likeness (QED) is 0.532. The monoisotopic (exact) mass is 374 g/mol. The average Bonchev–Trinajstić information content (AvgIpc) is 3.28. The lowest BCUT2D eigenvalue weighted by molar-refractivity contribution is 0.101. The van der Waals surface area contributed by atoms with E-state index in [0.717, 1.165) is 16.0 Å². The molecule has 0 N–H and O–H groups in total. The number of ketones is 1. The Bertz CT molecular complexity index is 1020. The zero-order valence-corrected chi connectivity index (χ0v) is 15.7. The van der Waals surface area contributed by atoms with Gasteiger partial charge in [-0.1, -0.05) is 42.5 Å². The zero-order valence-electron chi connectivity index (χ0n) is 14.8. The number of ether oxygens (including phenoxy) is 2. The van der Waals surface area contributed by atoms with Gasteiger partial charge in [0.2, 0.25) is 5.78 Å². The number of allylic oxidation sites excluding steroid dienone is 1. The van der Waals surface area contributed by atoms with Crippen LogP contribution in [0.1, 0.15) is 26.4 Å². The zero-order chi connectivity index (χ0) is 18.6. The van der Waals surface area contributed by atoms with Crippen molar-refractivity contribution in [1.82, 2.24) is 0 Å². The standard InChI is InChI=1S/C23H18O3S/c1-16-13-18(25-11-5-9-17-7-3-2-4-8-17)14-20-22(16)23(24)21(26-20)15-19-10-6-12-27-19/h2-10,12-15H,11H2,1H3/b9-5+,21-15-. The second-order valence-corrected chi connectivity index (χ2v) is 7.17. The highest BCUT2D eigenvalue weighted by atomic mass is 32.1. The van der Waals surface area contributed by atoms with Crippen molar-refractivity contribution in [3.63, 3.8) is 0 Å². The molecule has 1 aromatic heterocycles. The fourth-order valence-corrected chi connectivity index (χ4v) is 3.60. The van der Waals surface area contributed by atoms with Crippen LogP contribution in [0.2, 0.25) is 0 Å². The minimum Gasteiger partial charge on any atom is -0.489 e. The van der Waals surface area contributed by atoms with Crippen molar-refractivity contribution in [2.24, 2.45) is 0 Å². The molecule has 3 nitrogen and oxygen atoms in total. The predicted molar refractivity (Wildman–Crippen MR) is 109 cm³/mol. The second kappa shape index (κ2) is 7.64. The predicted octanol–water partition coefficient (Wildman–Crippen LogP) is 5.76. The average molecular weight is 374 g/mol. The van der Waals surface area contributed by atoms with Crippen molar-refractivity contribution in [3.05, 3.63) is 93.4 Å². The van der Waals surface area contributed by atoms with Crippen molar-refractivity contribution in [3.8, 4) is 11.5 Å². The van der Waals surface area contributed by atoms with Gasteiger partial charge in [-0.25, -0.2) is 0 Å². The fraction of sp³-hybridized carbons (Fsp3) is 0.0870. The van der Waals surface area contributed by atoms with E-state index >= 15 is 0 Å². The molecule has 0 bridgehead atoms. The number of carbonyl (C=O) groups excluding carboxylic acids is 1. The molecule has 0 unspecified atom stereocenters.